The SMILES string of the molecule is CCOC(=O)CCNC(=O)c1cccs1. The van der Waals surface area contributed by atoms with E-state index in [4.69, 9.17) is 4.74 Å². The number of amides is 1. The highest BCUT2D eigenvalue weighted by Gasteiger charge is 2.07. The van der Waals surface area contributed by atoms with Crippen molar-refractivity contribution >= 4 is 23.2 Å². The predicted octanol–water partition coefficient (Wildman–Crippen LogP) is 1.43. The molecule has 0 aliphatic heterocycles. The van der Waals surface area contributed by atoms with Crippen LogP contribution in [0.2, 0.25) is 0 Å². The number of hydrogen-bond acceptors (Lipinski definition) is 4. The summed E-state index contributed by atoms with van der Waals surface area (Å²) in [6.45, 7) is 2.44. The number of hydrogen-bond donors (Lipinski definition) is 1. The summed E-state index contributed by atoms with van der Waals surface area (Å²) in [4.78, 5) is 23.0. The molecule has 5 heteroatoms. The molecule has 1 amide bonds. The van der Waals surface area contributed by atoms with Gasteiger partial charge in [0.25, 0.3) is 5.91 Å². The van der Waals surface area contributed by atoms with Crippen LogP contribution in [0.5, 0.6) is 0 Å². The summed E-state index contributed by atoms with van der Waals surface area (Å²) in [5.74, 6) is -0.432. The third-order valence-electron chi connectivity index (χ3n) is 1.66. The number of carbonyl (C=O) groups is 2. The maximum Gasteiger partial charge on any atom is 0.307 e. The van der Waals surface area contributed by atoms with E-state index in [-0.39, 0.29) is 18.3 Å². The van der Waals surface area contributed by atoms with Crippen LogP contribution in [0.4, 0.5) is 0 Å². The molecular formula is C10H13NO3S. The first-order chi connectivity index (χ1) is 7.24. The van der Waals surface area contributed by atoms with Gasteiger partial charge in [0.1, 0.15) is 0 Å². The summed E-state index contributed by atoms with van der Waals surface area (Å²) in [7, 11) is 0. The van der Waals surface area contributed by atoms with Crippen LogP contribution in [0.1, 0.15) is 23.0 Å². The van der Waals surface area contributed by atoms with Crippen molar-refractivity contribution in [1.82, 2.24) is 5.32 Å². The molecule has 0 saturated carbocycles. The van der Waals surface area contributed by atoms with Gasteiger partial charge >= 0.3 is 5.97 Å². The first kappa shape index (κ1) is 11.7. The van der Waals surface area contributed by atoms with E-state index >= 15 is 0 Å². The first-order valence-corrected chi connectivity index (χ1v) is 5.59. The smallest absolute Gasteiger partial charge is 0.307 e. The van der Waals surface area contributed by atoms with E-state index in [1.54, 1.807) is 13.0 Å². The van der Waals surface area contributed by atoms with E-state index < -0.39 is 0 Å². The number of thiophene rings is 1. The molecule has 0 atom stereocenters. The summed E-state index contributed by atoms with van der Waals surface area (Å²) in [5.41, 5.74) is 0. The average Bonchev–Trinajstić information content (AvgIpc) is 2.70. The lowest BCUT2D eigenvalue weighted by Gasteiger charge is -2.03. The number of nitrogens with one attached hydrogen (secondary N) is 1. The lowest BCUT2D eigenvalue weighted by Crippen LogP contribution is -2.25. The highest BCUT2D eigenvalue weighted by molar-refractivity contribution is 7.12. The molecule has 0 spiro atoms. The molecule has 0 aromatic carbocycles. The van der Waals surface area contributed by atoms with Crippen LogP contribution >= 0.6 is 11.3 Å². The Morgan fingerprint density at radius 2 is 2.33 bits per heavy atom. The zero-order valence-corrected chi connectivity index (χ0v) is 9.30. The Morgan fingerprint density at radius 3 is 2.93 bits per heavy atom. The minimum atomic E-state index is -0.288. The van der Waals surface area contributed by atoms with Gasteiger partial charge in [-0.15, -0.1) is 11.3 Å². The molecule has 1 aromatic rings. The minimum absolute atomic E-state index is 0.144. The molecule has 0 unspecified atom stereocenters. The van der Waals surface area contributed by atoms with E-state index in [1.165, 1.54) is 11.3 Å². The standard InChI is InChI=1S/C10H13NO3S/c1-2-14-9(12)5-6-11-10(13)8-4-3-7-15-8/h3-4,7H,2,5-6H2,1H3,(H,11,13). The zero-order valence-electron chi connectivity index (χ0n) is 8.49. The Kier molecular flexibility index (Phi) is 4.83. The molecule has 0 radical (unpaired) electrons. The molecule has 1 rings (SSSR count). The highest BCUT2D eigenvalue weighted by atomic mass is 32.1. The number of rotatable bonds is 5. The molecule has 0 saturated heterocycles. The van der Waals surface area contributed by atoms with Crippen LogP contribution in [-0.4, -0.2) is 25.0 Å². The second-order valence-electron chi connectivity index (χ2n) is 2.79. The molecule has 4 nitrogen and oxygen atoms in total. The summed E-state index contributed by atoms with van der Waals surface area (Å²) < 4.78 is 4.73. The number of esters is 1. The van der Waals surface area contributed by atoms with Crippen molar-refractivity contribution in [3.05, 3.63) is 22.4 Å². The Balaban J connectivity index is 2.21. The van der Waals surface area contributed by atoms with Crippen molar-refractivity contribution in [3.8, 4) is 0 Å². The fourth-order valence-corrected chi connectivity index (χ4v) is 1.65. The molecule has 0 bridgehead atoms. The van der Waals surface area contributed by atoms with Crippen LogP contribution in [0, 0.1) is 0 Å². The van der Waals surface area contributed by atoms with Gasteiger partial charge in [-0.05, 0) is 18.4 Å². The Hall–Kier alpha value is -1.36. The maximum absolute atomic E-state index is 11.4. The van der Waals surface area contributed by atoms with Crippen molar-refractivity contribution in [2.75, 3.05) is 13.2 Å². The van der Waals surface area contributed by atoms with Gasteiger partial charge in [-0.2, -0.15) is 0 Å². The minimum Gasteiger partial charge on any atom is -0.466 e. The van der Waals surface area contributed by atoms with E-state index in [2.05, 4.69) is 5.32 Å². The first-order valence-electron chi connectivity index (χ1n) is 4.71. The van der Waals surface area contributed by atoms with Gasteiger partial charge in [-0.1, -0.05) is 6.07 Å². The summed E-state index contributed by atoms with van der Waals surface area (Å²) in [6.07, 6.45) is 0.213. The van der Waals surface area contributed by atoms with Gasteiger partial charge in [-0.3, -0.25) is 9.59 Å². The fourth-order valence-electron chi connectivity index (χ4n) is 1.01. The molecule has 1 aromatic heterocycles. The predicted molar refractivity (Wildman–Crippen MR) is 57.9 cm³/mol. The van der Waals surface area contributed by atoms with Crippen molar-refractivity contribution in [2.24, 2.45) is 0 Å². The normalized spacial score (nSPS) is 9.67. The fraction of sp³-hybridized carbons (Fsp3) is 0.400. The lowest BCUT2D eigenvalue weighted by atomic mass is 10.4. The summed E-state index contributed by atoms with van der Waals surface area (Å²) in [5, 5.41) is 4.48. The Morgan fingerprint density at radius 1 is 1.53 bits per heavy atom. The van der Waals surface area contributed by atoms with Gasteiger partial charge in [-0.25, -0.2) is 0 Å². The van der Waals surface area contributed by atoms with Crippen molar-refractivity contribution in [1.29, 1.82) is 0 Å². The van der Waals surface area contributed by atoms with Crippen molar-refractivity contribution < 1.29 is 14.3 Å². The van der Waals surface area contributed by atoms with Crippen LogP contribution in [0.3, 0.4) is 0 Å². The van der Waals surface area contributed by atoms with E-state index in [0.29, 0.717) is 18.0 Å². The van der Waals surface area contributed by atoms with Gasteiger partial charge in [0.05, 0.1) is 17.9 Å². The Labute approximate surface area is 92.2 Å². The van der Waals surface area contributed by atoms with Gasteiger partial charge in [0, 0.05) is 6.54 Å². The van der Waals surface area contributed by atoms with Crippen LogP contribution in [0.25, 0.3) is 0 Å². The van der Waals surface area contributed by atoms with Crippen molar-refractivity contribution in [3.63, 3.8) is 0 Å². The average molecular weight is 227 g/mol. The highest BCUT2D eigenvalue weighted by Crippen LogP contribution is 2.07. The topological polar surface area (TPSA) is 55.4 Å². The second kappa shape index (κ2) is 6.19. The number of ether oxygens (including phenoxy) is 1. The molecule has 0 aliphatic rings. The molecule has 82 valence electrons. The van der Waals surface area contributed by atoms with Crippen LogP contribution in [-0.2, 0) is 9.53 Å². The van der Waals surface area contributed by atoms with Gasteiger partial charge < -0.3 is 10.1 Å². The summed E-state index contributed by atoms with van der Waals surface area (Å²) in [6, 6.07) is 3.55. The monoisotopic (exact) mass is 227 g/mol. The Bertz CT molecular complexity index is 321. The van der Waals surface area contributed by atoms with Crippen LogP contribution < -0.4 is 5.32 Å². The molecule has 0 aliphatic carbocycles. The molecule has 15 heavy (non-hydrogen) atoms. The van der Waals surface area contributed by atoms with Gasteiger partial charge in [0.2, 0.25) is 0 Å². The van der Waals surface area contributed by atoms with E-state index in [0.717, 1.165) is 0 Å². The molecule has 1 N–H and O–H groups in total. The lowest BCUT2D eigenvalue weighted by molar-refractivity contribution is -0.142. The third kappa shape index (κ3) is 4.12. The number of carbonyl (C=O) groups excluding carboxylic acids is 2. The summed E-state index contributed by atoms with van der Waals surface area (Å²) >= 11 is 1.37. The quantitative estimate of drug-likeness (QED) is 0.774. The van der Waals surface area contributed by atoms with Crippen molar-refractivity contribution in [2.45, 2.75) is 13.3 Å². The third-order valence-corrected chi connectivity index (χ3v) is 2.53. The second-order valence-corrected chi connectivity index (χ2v) is 3.74. The van der Waals surface area contributed by atoms with E-state index in [9.17, 15) is 9.59 Å². The molecule has 0 fully saturated rings. The van der Waals surface area contributed by atoms with Crippen LogP contribution in [0.15, 0.2) is 17.5 Å². The van der Waals surface area contributed by atoms with Gasteiger partial charge in [0.15, 0.2) is 0 Å². The molecular weight excluding hydrogens is 214 g/mol. The zero-order chi connectivity index (χ0) is 11.1. The largest absolute Gasteiger partial charge is 0.466 e. The van der Waals surface area contributed by atoms with E-state index in [1.807, 2.05) is 11.4 Å². The molecule has 1 heterocycles. The maximum atomic E-state index is 11.4.